The van der Waals surface area contributed by atoms with Crippen LogP contribution in [0.3, 0.4) is 0 Å². The number of rotatable bonds is 3. The quantitative estimate of drug-likeness (QED) is 0.778. The highest BCUT2D eigenvalue weighted by Crippen LogP contribution is 2.46. The van der Waals surface area contributed by atoms with Gasteiger partial charge in [0.1, 0.15) is 29.3 Å². The van der Waals surface area contributed by atoms with Crippen LogP contribution >= 0.6 is 0 Å². The highest BCUT2D eigenvalue weighted by molar-refractivity contribution is 5.94. The molecule has 2 fully saturated rings. The van der Waals surface area contributed by atoms with E-state index in [1.165, 1.54) is 11.8 Å². The van der Waals surface area contributed by atoms with Crippen molar-refractivity contribution in [2.75, 3.05) is 13.1 Å². The van der Waals surface area contributed by atoms with Gasteiger partial charge in [-0.25, -0.2) is 13.6 Å². The van der Waals surface area contributed by atoms with Gasteiger partial charge in [-0.05, 0) is 58.2 Å². The van der Waals surface area contributed by atoms with E-state index in [0.29, 0.717) is 31.7 Å². The van der Waals surface area contributed by atoms with Gasteiger partial charge < -0.3 is 14.7 Å². The third-order valence-corrected chi connectivity index (χ3v) is 6.04. The number of nitrogens with zero attached hydrogens (tertiary/aromatic N) is 2. The van der Waals surface area contributed by atoms with Crippen molar-refractivity contribution in [1.29, 1.82) is 0 Å². The van der Waals surface area contributed by atoms with E-state index in [2.05, 4.69) is 0 Å². The SMILES string of the molecule is CC(C)(C)OC(=O)N1C[C@@](C)(c2cc(F)cc(F)c2)N(CC(=O)O)C(=O)C12CCCC2. The smallest absolute Gasteiger partial charge is 0.411 e. The summed E-state index contributed by atoms with van der Waals surface area (Å²) in [4.78, 5) is 41.0. The Bertz CT molecular complexity index is 887. The van der Waals surface area contributed by atoms with Crippen LogP contribution in [0, 0.1) is 11.6 Å². The van der Waals surface area contributed by atoms with Crippen LogP contribution < -0.4 is 0 Å². The molecule has 0 bridgehead atoms. The lowest BCUT2D eigenvalue weighted by atomic mass is 9.79. The molecule has 31 heavy (non-hydrogen) atoms. The fourth-order valence-electron chi connectivity index (χ4n) is 4.63. The third kappa shape index (κ3) is 4.22. The normalized spacial score (nSPS) is 23.4. The van der Waals surface area contributed by atoms with E-state index in [1.54, 1.807) is 20.8 Å². The fourth-order valence-corrected chi connectivity index (χ4v) is 4.63. The molecule has 1 N–H and O–H groups in total. The molecular formula is C22H28F2N2O5. The second kappa shape index (κ2) is 7.76. The summed E-state index contributed by atoms with van der Waals surface area (Å²) >= 11 is 0. The van der Waals surface area contributed by atoms with Crippen molar-refractivity contribution in [3.8, 4) is 0 Å². The first-order valence-electron chi connectivity index (χ1n) is 10.3. The molecule has 0 radical (unpaired) electrons. The molecule has 1 aromatic carbocycles. The number of aliphatic carboxylic acids is 1. The molecular weight excluding hydrogens is 410 g/mol. The van der Waals surface area contributed by atoms with E-state index >= 15 is 0 Å². The largest absolute Gasteiger partial charge is 0.480 e. The summed E-state index contributed by atoms with van der Waals surface area (Å²) in [6.45, 7) is 5.82. The Labute approximate surface area is 180 Å². The van der Waals surface area contributed by atoms with Gasteiger partial charge in [-0.3, -0.25) is 14.5 Å². The Morgan fingerprint density at radius 1 is 1.13 bits per heavy atom. The molecule has 170 valence electrons. The minimum absolute atomic E-state index is 0.0704. The molecule has 1 aliphatic carbocycles. The van der Waals surface area contributed by atoms with Crippen molar-refractivity contribution in [2.45, 2.75) is 70.1 Å². The van der Waals surface area contributed by atoms with Gasteiger partial charge in [0, 0.05) is 6.07 Å². The van der Waals surface area contributed by atoms with Crippen LogP contribution in [-0.2, 0) is 19.9 Å². The Morgan fingerprint density at radius 3 is 2.16 bits per heavy atom. The number of carbonyl (C=O) groups is 3. The molecule has 9 heteroatoms. The van der Waals surface area contributed by atoms with Gasteiger partial charge in [0.2, 0.25) is 5.91 Å². The maximum atomic E-state index is 14.0. The number of carbonyl (C=O) groups excluding carboxylic acids is 2. The molecule has 1 aliphatic heterocycles. The topological polar surface area (TPSA) is 87.2 Å². The Balaban J connectivity index is 2.16. The summed E-state index contributed by atoms with van der Waals surface area (Å²) in [7, 11) is 0. The van der Waals surface area contributed by atoms with Gasteiger partial charge in [0.25, 0.3) is 0 Å². The Hall–Kier alpha value is -2.71. The minimum atomic E-state index is -1.47. The second-order valence-corrected chi connectivity index (χ2v) is 9.52. The lowest BCUT2D eigenvalue weighted by Crippen LogP contribution is -2.73. The van der Waals surface area contributed by atoms with E-state index in [1.807, 2.05) is 0 Å². The van der Waals surface area contributed by atoms with Crippen molar-refractivity contribution < 1.29 is 33.0 Å². The Morgan fingerprint density at radius 2 is 1.68 bits per heavy atom. The lowest BCUT2D eigenvalue weighted by molar-refractivity contribution is -0.169. The van der Waals surface area contributed by atoms with E-state index in [-0.39, 0.29) is 12.1 Å². The number of benzene rings is 1. The summed E-state index contributed by atoms with van der Waals surface area (Å²) in [5.41, 5.74) is -3.45. The first kappa shape index (κ1) is 23.0. The summed E-state index contributed by atoms with van der Waals surface area (Å²) in [5, 5.41) is 9.48. The molecule has 1 heterocycles. The number of piperazine rings is 1. The molecule has 3 rings (SSSR count). The molecule has 1 atom stereocenters. The zero-order valence-corrected chi connectivity index (χ0v) is 18.2. The van der Waals surface area contributed by atoms with Crippen molar-refractivity contribution in [3.05, 3.63) is 35.4 Å². The van der Waals surface area contributed by atoms with Crippen molar-refractivity contribution in [1.82, 2.24) is 9.80 Å². The van der Waals surface area contributed by atoms with E-state index < -0.39 is 52.8 Å². The number of ether oxygens (including phenoxy) is 1. The van der Waals surface area contributed by atoms with Gasteiger partial charge >= 0.3 is 12.1 Å². The summed E-state index contributed by atoms with van der Waals surface area (Å²) in [6, 6.07) is 2.82. The van der Waals surface area contributed by atoms with E-state index in [0.717, 1.165) is 17.0 Å². The van der Waals surface area contributed by atoms with Crippen LogP contribution in [0.1, 0.15) is 58.9 Å². The maximum absolute atomic E-state index is 14.0. The highest BCUT2D eigenvalue weighted by Gasteiger charge is 2.60. The van der Waals surface area contributed by atoms with Gasteiger partial charge in [0.15, 0.2) is 0 Å². The number of carboxylic acids is 1. The third-order valence-electron chi connectivity index (χ3n) is 6.04. The summed E-state index contributed by atoms with van der Waals surface area (Å²) in [6.07, 6.45) is 1.42. The average molecular weight is 438 g/mol. The first-order chi connectivity index (χ1) is 14.3. The maximum Gasteiger partial charge on any atom is 0.411 e. The predicted octanol–water partition coefficient (Wildman–Crippen LogP) is 3.66. The van der Waals surface area contributed by atoms with Gasteiger partial charge in [-0.1, -0.05) is 12.8 Å². The highest BCUT2D eigenvalue weighted by atomic mass is 19.1. The van der Waals surface area contributed by atoms with Crippen molar-refractivity contribution >= 4 is 18.0 Å². The average Bonchev–Trinajstić information content (AvgIpc) is 3.10. The van der Waals surface area contributed by atoms with Gasteiger partial charge in [0.05, 0.1) is 12.1 Å². The van der Waals surface area contributed by atoms with Crippen LogP contribution in [0.5, 0.6) is 0 Å². The number of hydrogen-bond acceptors (Lipinski definition) is 4. The predicted molar refractivity (Wildman–Crippen MR) is 107 cm³/mol. The molecule has 1 aromatic rings. The number of carboxylic acid groups (broad SMARTS) is 1. The molecule has 1 spiro atoms. The minimum Gasteiger partial charge on any atom is -0.480 e. The molecule has 2 aliphatic rings. The molecule has 2 amide bonds. The Kier molecular flexibility index (Phi) is 5.75. The zero-order valence-electron chi connectivity index (χ0n) is 18.2. The molecule has 0 unspecified atom stereocenters. The monoisotopic (exact) mass is 438 g/mol. The lowest BCUT2D eigenvalue weighted by Gasteiger charge is -2.55. The van der Waals surface area contributed by atoms with Crippen molar-refractivity contribution in [3.63, 3.8) is 0 Å². The fraction of sp³-hybridized carbons (Fsp3) is 0.591. The number of halogens is 2. The zero-order chi connectivity index (χ0) is 23.2. The summed E-state index contributed by atoms with van der Waals surface area (Å²) < 4.78 is 33.7. The van der Waals surface area contributed by atoms with E-state index in [9.17, 15) is 28.3 Å². The standard InChI is InChI=1S/C22H28F2N2O5/c1-20(2,3)31-19(30)26-13-21(4,14-9-15(23)11-16(24)10-14)25(12-17(27)28)18(29)22(26)7-5-6-8-22/h9-11H,5-8,12-13H2,1-4H3,(H,27,28)/t21-/m0/s1. The molecule has 1 saturated carbocycles. The van der Waals surface area contributed by atoms with Gasteiger partial charge in [-0.15, -0.1) is 0 Å². The van der Waals surface area contributed by atoms with Gasteiger partial charge in [-0.2, -0.15) is 0 Å². The van der Waals surface area contributed by atoms with Crippen LogP contribution in [0.15, 0.2) is 18.2 Å². The number of hydrogen-bond donors (Lipinski definition) is 1. The molecule has 0 aromatic heterocycles. The van der Waals surface area contributed by atoms with Crippen LogP contribution in [-0.4, -0.2) is 57.1 Å². The molecule has 7 nitrogen and oxygen atoms in total. The van der Waals surface area contributed by atoms with E-state index in [4.69, 9.17) is 4.74 Å². The van der Waals surface area contributed by atoms with Crippen LogP contribution in [0.2, 0.25) is 0 Å². The second-order valence-electron chi connectivity index (χ2n) is 9.52. The summed E-state index contributed by atoms with van der Waals surface area (Å²) in [5.74, 6) is -3.51. The van der Waals surface area contributed by atoms with Crippen LogP contribution in [0.4, 0.5) is 13.6 Å². The number of amides is 2. The van der Waals surface area contributed by atoms with Crippen LogP contribution in [0.25, 0.3) is 0 Å². The molecule has 1 saturated heterocycles. The first-order valence-corrected chi connectivity index (χ1v) is 10.3. The van der Waals surface area contributed by atoms with Crippen molar-refractivity contribution in [2.24, 2.45) is 0 Å².